The first-order valence-corrected chi connectivity index (χ1v) is 15.4. The molecular formula is C40H30N4. The van der Waals surface area contributed by atoms with Crippen molar-refractivity contribution in [3.63, 3.8) is 0 Å². The molecule has 0 radical (unpaired) electrons. The largest absolute Gasteiger partial charge is 0.264 e. The van der Waals surface area contributed by atoms with Crippen LogP contribution >= 0.6 is 0 Å². The molecule has 4 aromatic carbocycles. The zero-order chi connectivity index (χ0) is 29.5. The Kier molecular flexibility index (Phi) is 6.38. The Bertz CT molecular complexity index is 2030. The number of pyridine rings is 1. The fourth-order valence-corrected chi connectivity index (χ4v) is 7.25. The van der Waals surface area contributed by atoms with Crippen LogP contribution in [-0.4, -0.2) is 15.0 Å². The highest BCUT2D eigenvalue weighted by molar-refractivity contribution is 5.85. The lowest BCUT2D eigenvalue weighted by Crippen LogP contribution is -2.28. The third kappa shape index (κ3) is 4.41. The van der Waals surface area contributed by atoms with Crippen LogP contribution in [0.2, 0.25) is 0 Å². The minimum atomic E-state index is -0.00361. The van der Waals surface area contributed by atoms with E-state index in [4.69, 9.17) is 9.97 Å². The van der Waals surface area contributed by atoms with Crippen molar-refractivity contribution in [2.75, 3.05) is 0 Å². The van der Waals surface area contributed by atoms with Gasteiger partial charge in [0.05, 0.1) is 23.0 Å². The van der Waals surface area contributed by atoms with Crippen LogP contribution in [0.15, 0.2) is 122 Å². The summed E-state index contributed by atoms with van der Waals surface area (Å²) in [6.07, 6.45) is 9.65. The molecule has 1 saturated carbocycles. The van der Waals surface area contributed by atoms with Gasteiger partial charge in [0.15, 0.2) is 5.82 Å². The lowest BCUT2D eigenvalue weighted by atomic mass is 9.67. The molecular weight excluding hydrogens is 536 g/mol. The molecule has 4 heteroatoms. The van der Waals surface area contributed by atoms with Crippen molar-refractivity contribution in [3.05, 3.63) is 138 Å². The van der Waals surface area contributed by atoms with E-state index in [0.29, 0.717) is 5.82 Å². The summed E-state index contributed by atoms with van der Waals surface area (Å²) in [7, 11) is 0. The van der Waals surface area contributed by atoms with Gasteiger partial charge in [0.1, 0.15) is 0 Å². The van der Waals surface area contributed by atoms with Crippen LogP contribution < -0.4 is 0 Å². The molecule has 1 spiro atoms. The fraction of sp³-hybridized carbons (Fsp3) is 0.150. The van der Waals surface area contributed by atoms with Crippen molar-refractivity contribution in [3.8, 4) is 62.2 Å². The van der Waals surface area contributed by atoms with Gasteiger partial charge in [-0.1, -0.05) is 98.1 Å². The zero-order valence-electron chi connectivity index (χ0n) is 24.4. The molecule has 0 saturated heterocycles. The first-order chi connectivity index (χ1) is 21.7. The minimum absolute atomic E-state index is 0.00361. The Balaban J connectivity index is 1.26. The number of nitrogens with zero attached hydrogens (tertiary/aromatic N) is 4. The molecule has 2 aliphatic carbocycles. The minimum Gasteiger partial charge on any atom is -0.264 e. The second-order valence-electron chi connectivity index (χ2n) is 11.9. The standard InChI is InChI=1S/C40H30N4/c41-25-27-11-17-33-34-23-31(16-18-35(34)40(36(33)22-27)19-5-2-6-20-40)38-24-37(43-39(44-38)30-8-3-1-4-9-30)29-14-12-28(13-15-29)32-10-7-21-42-26-32/h1,3-4,7-18,21-24,26H,2,5-6,19-20H2. The topological polar surface area (TPSA) is 62.5 Å². The van der Waals surface area contributed by atoms with E-state index in [1.807, 2.05) is 36.5 Å². The predicted molar refractivity (Wildman–Crippen MR) is 176 cm³/mol. The third-order valence-corrected chi connectivity index (χ3v) is 9.43. The van der Waals surface area contributed by atoms with E-state index in [-0.39, 0.29) is 5.41 Å². The Morgan fingerprint density at radius 1 is 0.568 bits per heavy atom. The number of fused-ring (bicyclic) bond motifs is 5. The van der Waals surface area contributed by atoms with E-state index in [1.165, 1.54) is 41.5 Å². The number of nitriles is 1. The van der Waals surface area contributed by atoms with Crippen molar-refractivity contribution in [1.29, 1.82) is 5.26 Å². The van der Waals surface area contributed by atoms with Gasteiger partial charge < -0.3 is 0 Å². The lowest BCUT2D eigenvalue weighted by Gasteiger charge is -2.36. The molecule has 0 N–H and O–H groups in total. The summed E-state index contributed by atoms with van der Waals surface area (Å²) in [5.74, 6) is 0.706. The predicted octanol–water partition coefficient (Wildman–Crippen LogP) is 9.64. The maximum Gasteiger partial charge on any atom is 0.160 e. The molecule has 0 bridgehead atoms. The molecule has 2 aromatic heterocycles. The van der Waals surface area contributed by atoms with E-state index in [2.05, 4.69) is 89.9 Å². The molecule has 1 fully saturated rings. The molecule has 0 aliphatic heterocycles. The Morgan fingerprint density at radius 3 is 2.05 bits per heavy atom. The Labute approximate surface area is 257 Å². The number of hydrogen-bond donors (Lipinski definition) is 0. The number of benzene rings is 4. The summed E-state index contributed by atoms with van der Waals surface area (Å²) in [5, 5.41) is 9.71. The lowest BCUT2D eigenvalue weighted by molar-refractivity contribution is 0.353. The Morgan fingerprint density at radius 2 is 1.30 bits per heavy atom. The molecule has 6 aromatic rings. The average molecular weight is 567 g/mol. The third-order valence-electron chi connectivity index (χ3n) is 9.43. The van der Waals surface area contributed by atoms with Gasteiger partial charge in [-0.15, -0.1) is 0 Å². The highest BCUT2D eigenvalue weighted by Crippen LogP contribution is 2.56. The van der Waals surface area contributed by atoms with Gasteiger partial charge in [-0.3, -0.25) is 4.98 Å². The molecule has 44 heavy (non-hydrogen) atoms. The van der Waals surface area contributed by atoms with Crippen molar-refractivity contribution < 1.29 is 0 Å². The number of aromatic nitrogens is 3. The van der Waals surface area contributed by atoms with Crippen molar-refractivity contribution in [1.82, 2.24) is 15.0 Å². The molecule has 8 rings (SSSR count). The summed E-state index contributed by atoms with van der Waals surface area (Å²) in [6.45, 7) is 0. The normalized spacial score (nSPS) is 14.5. The summed E-state index contributed by atoms with van der Waals surface area (Å²) in [4.78, 5) is 14.4. The molecule has 2 aliphatic rings. The van der Waals surface area contributed by atoms with Crippen LogP contribution in [0.1, 0.15) is 48.8 Å². The monoisotopic (exact) mass is 566 g/mol. The molecule has 4 nitrogen and oxygen atoms in total. The molecule has 0 unspecified atom stereocenters. The van der Waals surface area contributed by atoms with Crippen LogP contribution in [0, 0.1) is 11.3 Å². The summed E-state index contributed by atoms with van der Waals surface area (Å²) < 4.78 is 0. The van der Waals surface area contributed by atoms with Crippen molar-refractivity contribution >= 4 is 0 Å². The van der Waals surface area contributed by atoms with Crippen LogP contribution in [0.4, 0.5) is 0 Å². The zero-order valence-corrected chi connectivity index (χ0v) is 24.4. The number of hydrogen-bond acceptors (Lipinski definition) is 4. The van der Waals surface area contributed by atoms with Crippen LogP contribution in [-0.2, 0) is 5.41 Å². The van der Waals surface area contributed by atoms with Gasteiger partial charge >= 0.3 is 0 Å². The maximum absolute atomic E-state index is 9.71. The molecule has 210 valence electrons. The summed E-state index contributed by atoms with van der Waals surface area (Å²) >= 11 is 0. The summed E-state index contributed by atoms with van der Waals surface area (Å²) in [6, 6.07) is 40.4. The van der Waals surface area contributed by atoms with E-state index < -0.39 is 0 Å². The molecule has 0 amide bonds. The van der Waals surface area contributed by atoms with Gasteiger partial charge in [-0.25, -0.2) is 9.97 Å². The van der Waals surface area contributed by atoms with Gasteiger partial charge in [0, 0.05) is 34.5 Å². The van der Waals surface area contributed by atoms with Gasteiger partial charge in [-0.2, -0.15) is 5.26 Å². The van der Waals surface area contributed by atoms with Crippen molar-refractivity contribution in [2.45, 2.75) is 37.5 Å². The van der Waals surface area contributed by atoms with Gasteiger partial charge in [0.2, 0.25) is 0 Å². The average Bonchev–Trinajstić information content (AvgIpc) is 3.36. The first kappa shape index (κ1) is 26.2. The van der Waals surface area contributed by atoms with E-state index >= 15 is 0 Å². The van der Waals surface area contributed by atoms with Crippen LogP contribution in [0.25, 0.3) is 56.2 Å². The van der Waals surface area contributed by atoms with Crippen LogP contribution in [0.5, 0.6) is 0 Å². The van der Waals surface area contributed by atoms with E-state index in [0.717, 1.165) is 57.6 Å². The molecule has 0 atom stereocenters. The first-order valence-electron chi connectivity index (χ1n) is 15.4. The van der Waals surface area contributed by atoms with Gasteiger partial charge in [0.25, 0.3) is 0 Å². The molecule has 2 heterocycles. The summed E-state index contributed by atoms with van der Waals surface area (Å²) in [5.41, 5.74) is 13.1. The number of rotatable bonds is 4. The highest BCUT2D eigenvalue weighted by atomic mass is 14.9. The second kappa shape index (κ2) is 10.7. The smallest absolute Gasteiger partial charge is 0.160 e. The quantitative estimate of drug-likeness (QED) is 0.213. The van der Waals surface area contributed by atoms with E-state index in [1.54, 1.807) is 6.20 Å². The van der Waals surface area contributed by atoms with Gasteiger partial charge in [-0.05, 0) is 76.6 Å². The van der Waals surface area contributed by atoms with E-state index in [9.17, 15) is 5.26 Å². The SMILES string of the molecule is N#Cc1ccc2c(c1)C1(CCCCC1)c1ccc(-c3cc(-c4ccc(-c5cccnc5)cc4)nc(-c4ccccc4)n3)cc1-2. The Hall–Kier alpha value is -5.40. The fourth-order valence-electron chi connectivity index (χ4n) is 7.25. The maximum atomic E-state index is 9.71. The van der Waals surface area contributed by atoms with Crippen molar-refractivity contribution in [2.24, 2.45) is 0 Å². The van der Waals surface area contributed by atoms with Crippen LogP contribution in [0.3, 0.4) is 0 Å². The second-order valence-corrected chi connectivity index (χ2v) is 11.9. The highest BCUT2D eigenvalue weighted by Gasteiger charge is 2.43.